The summed E-state index contributed by atoms with van der Waals surface area (Å²) in [6.45, 7) is 2.35. The van der Waals surface area contributed by atoms with Crippen LogP contribution in [0.2, 0.25) is 5.02 Å². The summed E-state index contributed by atoms with van der Waals surface area (Å²) in [6.07, 6.45) is 3.36. The van der Waals surface area contributed by atoms with Crippen LogP contribution < -0.4 is 9.47 Å². The molecule has 5 nitrogen and oxygen atoms in total. The minimum absolute atomic E-state index is 0.0205. The highest BCUT2D eigenvalue weighted by Crippen LogP contribution is 2.36. The number of piperazine rings is 1. The number of benzene rings is 2. The first kappa shape index (κ1) is 20.2. The van der Waals surface area contributed by atoms with Crippen LogP contribution in [0.15, 0.2) is 48.5 Å². The first-order valence-corrected chi connectivity index (χ1v) is 9.55. The predicted octanol–water partition coefficient (Wildman–Crippen LogP) is 3.89. The Balaban J connectivity index is 1.82. The second kappa shape index (κ2) is 9.13. The van der Waals surface area contributed by atoms with Gasteiger partial charge in [-0.05, 0) is 36.4 Å². The molecule has 0 spiro atoms. The predicted molar refractivity (Wildman–Crippen MR) is 112 cm³/mol. The van der Waals surface area contributed by atoms with Gasteiger partial charge in [0.1, 0.15) is 0 Å². The second-order valence-corrected chi connectivity index (χ2v) is 7.20. The Morgan fingerprint density at radius 1 is 1.14 bits per heavy atom. The van der Waals surface area contributed by atoms with Crippen LogP contribution in [0.5, 0.6) is 11.5 Å². The molecule has 0 bridgehead atoms. The highest BCUT2D eigenvalue weighted by molar-refractivity contribution is 6.32. The molecule has 1 amide bonds. The van der Waals surface area contributed by atoms with Crippen molar-refractivity contribution < 1.29 is 14.3 Å². The zero-order chi connectivity index (χ0) is 20.1. The molecule has 1 unspecified atom stereocenters. The summed E-state index contributed by atoms with van der Waals surface area (Å²) < 4.78 is 10.6. The summed E-state index contributed by atoms with van der Waals surface area (Å²) in [5.41, 5.74) is 1.92. The molecular weight excluding hydrogens is 376 g/mol. The van der Waals surface area contributed by atoms with Crippen molar-refractivity contribution in [3.05, 3.63) is 64.7 Å². The van der Waals surface area contributed by atoms with Crippen molar-refractivity contribution in [1.82, 2.24) is 9.80 Å². The fourth-order valence-corrected chi connectivity index (χ4v) is 3.74. The van der Waals surface area contributed by atoms with E-state index in [9.17, 15) is 4.79 Å². The molecule has 0 aromatic heterocycles. The van der Waals surface area contributed by atoms with Gasteiger partial charge in [0.25, 0.3) is 0 Å². The standard InChI is InChI=1S/C22H25ClN2O3/c1-24-11-12-25(19(15-24)17-7-5-4-6-8-17)21(26)10-9-16-13-18(23)22(28-3)20(14-16)27-2/h4-10,13-14,19H,11-12,15H2,1-3H3/b10-9+. The van der Waals surface area contributed by atoms with Crippen LogP contribution in [0.25, 0.3) is 6.08 Å². The summed E-state index contributed by atoms with van der Waals surface area (Å²) in [6, 6.07) is 13.7. The van der Waals surface area contributed by atoms with Crippen molar-refractivity contribution in [1.29, 1.82) is 0 Å². The Morgan fingerprint density at radius 2 is 1.89 bits per heavy atom. The van der Waals surface area contributed by atoms with Gasteiger partial charge in [0.05, 0.1) is 25.3 Å². The smallest absolute Gasteiger partial charge is 0.247 e. The summed E-state index contributed by atoms with van der Waals surface area (Å²) in [5, 5.41) is 0.440. The van der Waals surface area contributed by atoms with Gasteiger partial charge in [-0.25, -0.2) is 0 Å². The van der Waals surface area contributed by atoms with Gasteiger partial charge in [-0.15, -0.1) is 0 Å². The van der Waals surface area contributed by atoms with Crippen molar-refractivity contribution >= 4 is 23.6 Å². The van der Waals surface area contributed by atoms with Crippen molar-refractivity contribution in [2.45, 2.75) is 6.04 Å². The maximum Gasteiger partial charge on any atom is 0.247 e. The van der Waals surface area contributed by atoms with E-state index in [0.29, 0.717) is 23.1 Å². The number of likely N-dealkylation sites (N-methyl/N-ethyl adjacent to an activating group) is 1. The molecule has 3 rings (SSSR count). The Bertz CT molecular complexity index is 854. The molecule has 28 heavy (non-hydrogen) atoms. The Morgan fingerprint density at radius 3 is 2.57 bits per heavy atom. The molecule has 2 aromatic carbocycles. The third kappa shape index (κ3) is 4.49. The van der Waals surface area contributed by atoms with Gasteiger partial charge in [-0.2, -0.15) is 0 Å². The topological polar surface area (TPSA) is 42.0 Å². The van der Waals surface area contributed by atoms with E-state index in [1.54, 1.807) is 38.5 Å². The van der Waals surface area contributed by atoms with E-state index in [0.717, 1.165) is 24.2 Å². The molecule has 148 valence electrons. The Labute approximate surface area is 171 Å². The normalized spacial score (nSPS) is 17.7. The molecule has 2 aromatic rings. The minimum atomic E-state index is -0.0205. The zero-order valence-electron chi connectivity index (χ0n) is 16.4. The monoisotopic (exact) mass is 400 g/mol. The molecule has 1 aliphatic heterocycles. The molecule has 1 aliphatic rings. The van der Waals surface area contributed by atoms with Crippen LogP contribution in [-0.2, 0) is 4.79 Å². The molecule has 0 radical (unpaired) electrons. The molecule has 6 heteroatoms. The third-order valence-corrected chi connectivity index (χ3v) is 5.21. The number of ether oxygens (including phenoxy) is 2. The van der Waals surface area contributed by atoms with Crippen molar-refractivity contribution in [3.8, 4) is 11.5 Å². The number of hydrogen-bond donors (Lipinski definition) is 0. The third-order valence-electron chi connectivity index (χ3n) is 4.93. The zero-order valence-corrected chi connectivity index (χ0v) is 17.1. The van der Waals surface area contributed by atoms with E-state index < -0.39 is 0 Å². The molecule has 1 saturated heterocycles. The lowest BCUT2D eigenvalue weighted by Gasteiger charge is -2.40. The number of nitrogens with zero attached hydrogens (tertiary/aromatic N) is 2. The first-order chi connectivity index (χ1) is 13.5. The number of amides is 1. The molecule has 0 N–H and O–H groups in total. The lowest BCUT2D eigenvalue weighted by atomic mass is 10.0. The van der Waals surface area contributed by atoms with Gasteiger partial charge in [0.15, 0.2) is 11.5 Å². The highest BCUT2D eigenvalue weighted by Gasteiger charge is 2.29. The van der Waals surface area contributed by atoms with Crippen molar-refractivity contribution in [2.75, 3.05) is 40.9 Å². The maximum absolute atomic E-state index is 13.0. The summed E-state index contributed by atoms with van der Waals surface area (Å²) in [4.78, 5) is 17.1. The number of rotatable bonds is 5. The summed E-state index contributed by atoms with van der Waals surface area (Å²) in [7, 11) is 5.18. The lowest BCUT2D eigenvalue weighted by molar-refractivity contribution is -0.130. The summed E-state index contributed by atoms with van der Waals surface area (Å²) in [5.74, 6) is 0.993. The van der Waals surface area contributed by atoms with Gasteiger partial charge in [0, 0.05) is 25.7 Å². The van der Waals surface area contributed by atoms with E-state index in [4.69, 9.17) is 21.1 Å². The van der Waals surface area contributed by atoms with E-state index in [2.05, 4.69) is 24.1 Å². The van der Waals surface area contributed by atoms with E-state index in [1.807, 2.05) is 23.1 Å². The SMILES string of the molecule is COc1cc(/C=C/C(=O)N2CCN(C)CC2c2ccccc2)cc(Cl)c1OC. The molecular formula is C22H25ClN2O3. The summed E-state index contributed by atoms with van der Waals surface area (Å²) >= 11 is 6.26. The van der Waals surface area contributed by atoms with Gasteiger partial charge >= 0.3 is 0 Å². The molecule has 0 saturated carbocycles. The number of carbonyl (C=O) groups is 1. The average Bonchev–Trinajstić information content (AvgIpc) is 2.72. The van der Waals surface area contributed by atoms with Crippen LogP contribution in [0.3, 0.4) is 0 Å². The lowest BCUT2D eigenvalue weighted by Crippen LogP contribution is -2.48. The first-order valence-electron chi connectivity index (χ1n) is 9.17. The largest absolute Gasteiger partial charge is 0.493 e. The quantitative estimate of drug-likeness (QED) is 0.714. The van der Waals surface area contributed by atoms with E-state index >= 15 is 0 Å². The average molecular weight is 401 g/mol. The fraction of sp³-hybridized carbons (Fsp3) is 0.318. The number of hydrogen-bond acceptors (Lipinski definition) is 4. The van der Waals surface area contributed by atoms with Crippen LogP contribution >= 0.6 is 11.6 Å². The number of halogens is 1. The van der Waals surface area contributed by atoms with Gasteiger partial charge < -0.3 is 19.3 Å². The molecule has 1 atom stereocenters. The van der Waals surface area contributed by atoms with Crippen molar-refractivity contribution in [2.24, 2.45) is 0 Å². The van der Waals surface area contributed by atoms with Crippen LogP contribution in [0, 0.1) is 0 Å². The maximum atomic E-state index is 13.0. The van der Waals surface area contributed by atoms with Gasteiger partial charge in [-0.1, -0.05) is 41.9 Å². The van der Waals surface area contributed by atoms with Gasteiger partial charge in [0.2, 0.25) is 5.91 Å². The highest BCUT2D eigenvalue weighted by atomic mass is 35.5. The Kier molecular flexibility index (Phi) is 6.60. The molecule has 1 fully saturated rings. The molecule has 0 aliphatic carbocycles. The van der Waals surface area contributed by atoms with Crippen LogP contribution in [0.4, 0.5) is 0 Å². The van der Waals surface area contributed by atoms with E-state index in [1.165, 1.54) is 0 Å². The Hall–Kier alpha value is -2.50. The fourth-order valence-electron chi connectivity index (χ4n) is 3.44. The number of carbonyl (C=O) groups excluding carboxylic acids is 1. The van der Waals surface area contributed by atoms with E-state index in [-0.39, 0.29) is 11.9 Å². The number of methoxy groups -OCH3 is 2. The van der Waals surface area contributed by atoms with Crippen molar-refractivity contribution in [3.63, 3.8) is 0 Å². The minimum Gasteiger partial charge on any atom is -0.493 e. The second-order valence-electron chi connectivity index (χ2n) is 6.79. The molecule has 1 heterocycles. The van der Waals surface area contributed by atoms with Crippen LogP contribution in [-0.4, -0.2) is 56.6 Å². The van der Waals surface area contributed by atoms with Crippen LogP contribution in [0.1, 0.15) is 17.2 Å². The van der Waals surface area contributed by atoms with Gasteiger partial charge in [-0.3, -0.25) is 4.79 Å².